The Morgan fingerprint density at radius 2 is 2.82 bits per heavy atom. The zero-order valence-corrected chi connectivity index (χ0v) is 6.84. The largest absolute Gasteiger partial charge is 0.391 e. The van der Waals surface area contributed by atoms with Gasteiger partial charge in [0.2, 0.25) is 0 Å². The maximum Gasteiger partial charge on any atom is 0.185 e. The molecule has 1 atom stereocenters. The highest BCUT2D eigenvalue weighted by Gasteiger charge is 2.21. The fourth-order valence-electron chi connectivity index (χ4n) is 1.25. The van der Waals surface area contributed by atoms with Crippen LogP contribution < -0.4 is 4.90 Å². The van der Waals surface area contributed by atoms with Crippen LogP contribution in [0.15, 0.2) is 11.6 Å². The van der Waals surface area contributed by atoms with Crippen molar-refractivity contribution in [3.63, 3.8) is 0 Å². The molecule has 1 aliphatic rings. The average Bonchev–Trinajstić information content (AvgIpc) is 2.58. The second kappa shape index (κ2) is 2.79. The van der Waals surface area contributed by atoms with Gasteiger partial charge in [0.1, 0.15) is 0 Å². The second-order valence-electron chi connectivity index (χ2n) is 2.65. The van der Waals surface area contributed by atoms with Gasteiger partial charge in [0, 0.05) is 24.6 Å². The summed E-state index contributed by atoms with van der Waals surface area (Å²) in [6.07, 6.45) is 2.14. The van der Waals surface area contributed by atoms with Crippen molar-refractivity contribution in [2.24, 2.45) is 0 Å². The van der Waals surface area contributed by atoms with Crippen molar-refractivity contribution >= 4 is 16.5 Å². The number of hydrogen-bond donors (Lipinski definition) is 1. The fourth-order valence-corrected chi connectivity index (χ4v) is 1.86. The van der Waals surface area contributed by atoms with Gasteiger partial charge in [0.25, 0.3) is 0 Å². The molecule has 4 heteroatoms. The number of anilines is 1. The van der Waals surface area contributed by atoms with Gasteiger partial charge in [-0.05, 0) is 6.42 Å². The molecule has 1 aromatic rings. The zero-order valence-electron chi connectivity index (χ0n) is 7.03. The molecule has 1 N–H and O–H groups in total. The molecule has 1 aliphatic heterocycles. The van der Waals surface area contributed by atoms with E-state index < -0.39 is 0 Å². The molecule has 11 heavy (non-hydrogen) atoms. The van der Waals surface area contributed by atoms with Gasteiger partial charge < -0.3 is 10.0 Å². The van der Waals surface area contributed by atoms with Crippen LogP contribution >= 0.6 is 11.3 Å². The van der Waals surface area contributed by atoms with E-state index in [1.165, 1.54) is 11.3 Å². The van der Waals surface area contributed by atoms with Crippen molar-refractivity contribution in [3.8, 4) is 0 Å². The van der Waals surface area contributed by atoms with Crippen LogP contribution in [0.1, 0.15) is 7.79 Å². The van der Waals surface area contributed by atoms with Crippen LogP contribution in [0.25, 0.3) is 0 Å². The molecule has 0 unspecified atom stereocenters. The summed E-state index contributed by atoms with van der Waals surface area (Å²) in [7, 11) is 0. The first kappa shape index (κ1) is 5.97. The summed E-state index contributed by atoms with van der Waals surface area (Å²) in [6.45, 7) is 1.51. The van der Waals surface area contributed by atoms with E-state index in [0.717, 1.165) is 18.1 Å². The topological polar surface area (TPSA) is 36.4 Å². The average molecular weight is 171 g/mol. The monoisotopic (exact) mass is 171 g/mol. The minimum absolute atomic E-state index is 0.219. The SMILES string of the molecule is [2H]c1cnc(N2CC[C@H](O)C2)s1. The van der Waals surface area contributed by atoms with Crippen LogP contribution in [0.4, 0.5) is 5.13 Å². The van der Waals surface area contributed by atoms with E-state index in [1.54, 1.807) is 6.20 Å². The van der Waals surface area contributed by atoms with E-state index in [1.807, 2.05) is 4.90 Å². The molecule has 0 aromatic carbocycles. The van der Waals surface area contributed by atoms with Crippen molar-refractivity contribution in [2.45, 2.75) is 12.5 Å². The van der Waals surface area contributed by atoms with Gasteiger partial charge in [-0.25, -0.2) is 4.98 Å². The molecule has 1 saturated heterocycles. The van der Waals surface area contributed by atoms with E-state index in [-0.39, 0.29) is 6.10 Å². The van der Waals surface area contributed by atoms with E-state index in [0.29, 0.717) is 11.9 Å². The van der Waals surface area contributed by atoms with Crippen molar-refractivity contribution in [1.29, 1.82) is 0 Å². The molecule has 1 fully saturated rings. The minimum atomic E-state index is -0.219. The highest BCUT2D eigenvalue weighted by molar-refractivity contribution is 7.13. The van der Waals surface area contributed by atoms with Crippen LogP contribution in [0, 0.1) is 0 Å². The minimum Gasteiger partial charge on any atom is -0.391 e. The molecule has 60 valence electrons. The Morgan fingerprint density at radius 3 is 3.36 bits per heavy atom. The van der Waals surface area contributed by atoms with Crippen LogP contribution in [0.3, 0.4) is 0 Å². The smallest absolute Gasteiger partial charge is 0.185 e. The molecule has 0 bridgehead atoms. The third kappa shape index (κ3) is 1.36. The van der Waals surface area contributed by atoms with Gasteiger partial charge in [-0.1, -0.05) is 0 Å². The summed E-state index contributed by atoms with van der Waals surface area (Å²) in [5.41, 5.74) is 0. The number of aliphatic hydroxyl groups is 1. The van der Waals surface area contributed by atoms with Crippen molar-refractivity contribution in [3.05, 3.63) is 11.6 Å². The third-order valence-corrected chi connectivity index (χ3v) is 2.58. The summed E-state index contributed by atoms with van der Waals surface area (Å²) < 4.78 is 7.30. The summed E-state index contributed by atoms with van der Waals surface area (Å²) in [4.78, 5) is 6.10. The van der Waals surface area contributed by atoms with E-state index >= 15 is 0 Å². The molecule has 0 saturated carbocycles. The number of thiazole rings is 1. The molecule has 0 aliphatic carbocycles. The Balaban J connectivity index is 2.11. The number of aliphatic hydroxyl groups excluding tert-OH is 1. The van der Waals surface area contributed by atoms with E-state index in [2.05, 4.69) is 4.98 Å². The number of rotatable bonds is 1. The Kier molecular flexibility index (Phi) is 1.51. The Bertz CT molecular complexity index is 278. The highest BCUT2D eigenvalue weighted by atomic mass is 32.1. The lowest BCUT2D eigenvalue weighted by Crippen LogP contribution is -2.20. The molecule has 0 radical (unpaired) electrons. The maximum atomic E-state index is 9.26. The summed E-state index contributed by atoms with van der Waals surface area (Å²) >= 11 is 1.36. The quantitative estimate of drug-likeness (QED) is 0.676. The van der Waals surface area contributed by atoms with Crippen LogP contribution in [-0.2, 0) is 0 Å². The summed E-state index contributed by atoms with van der Waals surface area (Å²) in [6, 6.07) is 0. The normalized spacial score (nSPS) is 25.7. The van der Waals surface area contributed by atoms with Crippen molar-refractivity contribution in [2.75, 3.05) is 18.0 Å². The van der Waals surface area contributed by atoms with Crippen LogP contribution in [0.2, 0.25) is 0 Å². The highest BCUT2D eigenvalue weighted by Crippen LogP contribution is 2.21. The molecule has 0 spiro atoms. The lowest BCUT2D eigenvalue weighted by Gasteiger charge is -2.12. The fraction of sp³-hybridized carbons (Fsp3) is 0.571. The summed E-state index contributed by atoms with van der Waals surface area (Å²) in [5.74, 6) is 0. The maximum absolute atomic E-state index is 9.26. The number of β-amino-alcohol motifs (C(OH)–C–C–N with tert-alkyl or cyclic N) is 1. The predicted octanol–water partition coefficient (Wildman–Crippen LogP) is 0.714. The first-order valence-corrected chi connectivity index (χ1v) is 4.43. The third-order valence-electron chi connectivity index (χ3n) is 1.81. The van der Waals surface area contributed by atoms with Gasteiger partial charge in [-0.3, -0.25) is 0 Å². The second-order valence-corrected chi connectivity index (χ2v) is 3.45. The molecule has 3 nitrogen and oxygen atoms in total. The molecule has 2 heterocycles. The standard InChI is InChI=1S/C7H10N2OS/c10-6-1-3-9(5-6)7-8-2-4-11-7/h2,4,6,10H,1,3,5H2/t6-/m0/s1/i4D. The predicted molar refractivity (Wildman–Crippen MR) is 45.0 cm³/mol. The van der Waals surface area contributed by atoms with E-state index in [9.17, 15) is 5.11 Å². The van der Waals surface area contributed by atoms with Gasteiger partial charge in [-0.2, -0.15) is 0 Å². The molecule has 0 amide bonds. The first-order valence-electron chi connectivity index (χ1n) is 4.11. The Morgan fingerprint density at radius 1 is 1.91 bits per heavy atom. The Labute approximate surface area is 70.7 Å². The lowest BCUT2D eigenvalue weighted by molar-refractivity contribution is 0.198. The molecular weight excluding hydrogens is 160 g/mol. The van der Waals surface area contributed by atoms with Gasteiger partial charge >= 0.3 is 0 Å². The summed E-state index contributed by atoms with van der Waals surface area (Å²) in [5, 5.41) is 10.6. The first-order chi connectivity index (χ1) is 5.75. The van der Waals surface area contributed by atoms with Gasteiger partial charge in [-0.15, -0.1) is 11.3 Å². The van der Waals surface area contributed by atoms with Gasteiger partial charge in [0.15, 0.2) is 5.13 Å². The van der Waals surface area contributed by atoms with Crippen molar-refractivity contribution in [1.82, 2.24) is 4.98 Å². The van der Waals surface area contributed by atoms with Crippen molar-refractivity contribution < 1.29 is 6.48 Å². The number of hydrogen-bond acceptors (Lipinski definition) is 4. The lowest BCUT2D eigenvalue weighted by atomic mass is 10.3. The van der Waals surface area contributed by atoms with Gasteiger partial charge in [0.05, 0.1) is 7.47 Å². The molecule has 2 rings (SSSR count). The Hall–Kier alpha value is -0.610. The van der Waals surface area contributed by atoms with Crippen LogP contribution in [0.5, 0.6) is 0 Å². The van der Waals surface area contributed by atoms with Crippen LogP contribution in [-0.4, -0.2) is 29.3 Å². The molecular formula is C7H10N2OS. The van der Waals surface area contributed by atoms with E-state index in [4.69, 9.17) is 1.37 Å². The zero-order chi connectivity index (χ0) is 8.55. The number of nitrogens with zero attached hydrogens (tertiary/aromatic N) is 2. The molecule has 1 aromatic heterocycles. The number of aromatic nitrogens is 1.